The number of fused-ring (bicyclic) bond motifs is 1. The van der Waals surface area contributed by atoms with E-state index in [1.165, 1.54) is 21.2 Å². The predicted molar refractivity (Wildman–Crippen MR) is 103 cm³/mol. The molecule has 0 fully saturated rings. The molecule has 0 saturated carbocycles. The lowest BCUT2D eigenvalue weighted by Gasteiger charge is -2.14. The van der Waals surface area contributed by atoms with Crippen molar-refractivity contribution in [2.24, 2.45) is 0 Å². The van der Waals surface area contributed by atoms with E-state index in [2.05, 4.69) is 0 Å². The number of aromatic hydroxyl groups is 1. The van der Waals surface area contributed by atoms with Gasteiger partial charge >= 0.3 is 0 Å². The van der Waals surface area contributed by atoms with Gasteiger partial charge in [0.15, 0.2) is 11.3 Å². The highest BCUT2D eigenvalue weighted by molar-refractivity contribution is 6.42. The summed E-state index contributed by atoms with van der Waals surface area (Å²) in [5.41, 5.74) is 0.0156. The number of nitrogens with zero attached hydrogens (tertiary/aromatic N) is 2. The highest BCUT2D eigenvalue weighted by Gasteiger charge is 2.14. The average Bonchev–Trinajstić information content (AvgIpc) is 2.58. The van der Waals surface area contributed by atoms with Crippen molar-refractivity contribution in [3.8, 4) is 5.75 Å². The molecule has 0 unspecified atom stereocenters. The largest absolute Gasteiger partial charge is 0.503 e. The summed E-state index contributed by atoms with van der Waals surface area (Å²) in [6.45, 7) is 0.0279. The molecule has 3 rings (SSSR count). The number of aliphatic hydroxyl groups is 1. The van der Waals surface area contributed by atoms with Crippen LogP contribution in [0.4, 0.5) is 0 Å². The highest BCUT2D eigenvalue weighted by atomic mass is 35.5. The van der Waals surface area contributed by atoms with Crippen molar-refractivity contribution < 1.29 is 10.2 Å². The van der Waals surface area contributed by atoms with Crippen LogP contribution in [-0.4, -0.2) is 25.8 Å². The summed E-state index contributed by atoms with van der Waals surface area (Å²) >= 11 is 11.9. The van der Waals surface area contributed by atoms with Crippen molar-refractivity contribution in [3.63, 3.8) is 0 Å². The number of hydrogen-bond donors (Lipinski definition) is 2. The molecule has 0 radical (unpaired) electrons. The zero-order chi connectivity index (χ0) is 18.1. The maximum Gasteiger partial charge on any atom is 0.279 e. The van der Waals surface area contributed by atoms with E-state index in [1.807, 2.05) is 0 Å². The second kappa shape index (κ2) is 8.14. The van der Waals surface area contributed by atoms with Crippen LogP contribution >= 0.6 is 35.6 Å². The van der Waals surface area contributed by atoms with Crippen molar-refractivity contribution >= 4 is 41.1 Å². The van der Waals surface area contributed by atoms with Gasteiger partial charge in [0.25, 0.3) is 5.56 Å². The fourth-order valence-corrected chi connectivity index (χ4v) is 2.98. The molecule has 6 nitrogen and oxygen atoms in total. The van der Waals surface area contributed by atoms with Crippen LogP contribution in [0.1, 0.15) is 11.3 Å². The first kappa shape index (κ1) is 20.3. The lowest BCUT2D eigenvalue weighted by atomic mass is 10.2. The van der Waals surface area contributed by atoms with Crippen LogP contribution in [0.15, 0.2) is 46.2 Å². The highest BCUT2D eigenvalue weighted by Crippen LogP contribution is 2.23. The van der Waals surface area contributed by atoms with Gasteiger partial charge < -0.3 is 19.2 Å². The summed E-state index contributed by atoms with van der Waals surface area (Å²) in [5.74, 6) is -0.616. The summed E-state index contributed by atoms with van der Waals surface area (Å²) in [4.78, 5) is 24.4. The summed E-state index contributed by atoms with van der Waals surface area (Å²) in [5, 5.41) is 20.1. The first-order valence-electron chi connectivity index (χ1n) is 7.44. The van der Waals surface area contributed by atoms with E-state index in [1.54, 1.807) is 24.4 Å². The summed E-state index contributed by atoms with van der Waals surface area (Å²) in [6, 6.07) is 6.17. The third-order valence-electron chi connectivity index (χ3n) is 3.86. The van der Waals surface area contributed by atoms with E-state index in [0.717, 1.165) is 5.56 Å². The molecule has 0 aliphatic heterocycles. The standard InChI is InChI=1S/C17H14Cl2N2O4.ClH/c18-12-2-1-10(7-13(12)19)8-20-9-11(4-6-22)21-5-3-14(23)16(24)15(21)17(20)25;/h1-3,5,7,9,22,24H,4,6,8H2;1H. The van der Waals surface area contributed by atoms with Crippen molar-refractivity contribution in [3.05, 3.63) is 78.5 Å². The van der Waals surface area contributed by atoms with Gasteiger partial charge in [-0.15, -0.1) is 12.4 Å². The van der Waals surface area contributed by atoms with Gasteiger partial charge in [-0.1, -0.05) is 29.3 Å². The minimum atomic E-state index is -0.640. The molecule has 0 aliphatic rings. The Morgan fingerprint density at radius 1 is 1.08 bits per heavy atom. The smallest absolute Gasteiger partial charge is 0.279 e. The van der Waals surface area contributed by atoms with Gasteiger partial charge in [-0.2, -0.15) is 0 Å². The average molecular weight is 418 g/mol. The van der Waals surface area contributed by atoms with Crippen molar-refractivity contribution in [2.45, 2.75) is 13.0 Å². The number of hydrogen-bond acceptors (Lipinski definition) is 4. The minimum Gasteiger partial charge on any atom is -0.503 e. The molecule has 2 N–H and O–H groups in total. The van der Waals surface area contributed by atoms with Crippen LogP contribution in [0.5, 0.6) is 5.75 Å². The molecular weight excluding hydrogens is 403 g/mol. The molecule has 0 bridgehead atoms. The van der Waals surface area contributed by atoms with Gasteiger partial charge in [0, 0.05) is 37.2 Å². The number of pyridine rings is 1. The number of rotatable bonds is 4. The Bertz CT molecular complexity index is 1080. The Kier molecular flexibility index (Phi) is 6.36. The van der Waals surface area contributed by atoms with Gasteiger partial charge in [0.2, 0.25) is 5.43 Å². The van der Waals surface area contributed by atoms with E-state index >= 15 is 0 Å². The van der Waals surface area contributed by atoms with Crippen molar-refractivity contribution in [1.82, 2.24) is 8.97 Å². The topological polar surface area (TPSA) is 83.9 Å². The van der Waals surface area contributed by atoms with Crippen LogP contribution < -0.4 is 11.0 Å². The molecule has 0 atom stereocenters. The Hall–Kier alpha value is -1.99. The molecular formula is C17H15Cl3N2O4. The summed E-state index contributed by atoms with van der Waals surface area (Å²) in [7, 11) is 0. The lowest BCUT2D eigenvalue weighted by molar-refractivity contribution is 0.297. The van der Waals surface area contributed by atoms with E-state index in [-0.39, 0.29) is 37.5 Å². The van der Waals surface area contributed by atoms with E-state index < -0.39 is 16.7 Å². The maximum absolute atomic E-state index is 12.7. The zero-order valence-electron chi connectivity index (χ0n) is 13.4. The van der Waals surface area contributed by atoms with Gasteiger partial charge in [-0.05, 0) is 17.7 Å². The molecule has 26 heavy (non-hydrogen) atoms. The Morgan fingerprint density at radius 2 is 1.81 bits per heavy atom. The molecule has 3 aromatic rings. The number of halogens is 3. The molecule has 9 heteroatoms. The van der Waals surface area contributed by atoms with Crippen LogP contribution in [0.25, 0.3) is 5.52 Å². The SMILES string of the molecule is Cl.O=c1ccn2c(CCO)cn(Cc3ccc(Cl)c(Cl)c3)c(=O)c2c1O. The van der Waals surface area contributed by atoms with Crippen LogP contribution in [0, 0.1) is 0 Å². The fourth-order valence-electron chi connectivity index (χ4n) is 2.66. The van der Waals surface area contributed by atoms with E-state index in [9.17, 15) is 19.8 Å². The van der Waals surface area contributed by atoms with Crippen LogP contribution in [-0.2, 0) is 13.0 Å². The van der Waals surface area contributed by atoms with E-state index in [4.69, 9.17) is 23.2 Å². The predicted octanol–water partition coefficient (Wildman–Crippen LogP) is 2.48. The third-order valence-corrected chi connectivity index (χ3v) is 4.60. The lowest BCUT2D eigenvalue weighted by Crippen LogP contribution is -2.26. The quantitative estimate of drug-likeness (QED) is 0.683. The summed E-state index contributed by atoms with van der Waals surface area (Å²) in [6.07, 6.45) is 3.24. The third kappa shape index (κ3) is 3.73. The molecule has 0 saturated heterocycles. The number of aromatic nitrogens is 2. The van der Waals surface area contributed by atoms with E-state index in [0.29, 0.717) is 15.7 Å². The number of benzene rings is 1. The Labute approximate surface area is 164 Å². The number of aliphatic hydroxyl groups excluding tert-OH is 1. The first-order chi connectivity index (χ1) is 11.9. The van der Waals surface area contributed by atoms with Gasteiger partial charge in [0.05, 0.1) is 16.6 Å². The fraction of sp³-hybridized carbons (Fsp3) is 0.176. The van der Waals surface area contributed by atoms with Gasteiger partial charge in [-0.25, -0.2) is 0 Å². The van der Waals surface area contributed by atoms with Crippen LogP contribution in [0.2, 0.25) is 10.0 Å². The second-order valence-corrected chi connectivity index (χ2v) is 6.34. The van der Waals surface area contributed by atoms with Crippen LogP contribution in [0.3, 0.4) is 0 Å². The molecule has 1 aromatic carbocycles. The molecule has 0 spiro atoms. The minimum absolute atomic E-state index is 0. The monoisotopic (exact) mass is 416 g/mol. The summed E-state index contributed by atoms with van der Waals surface area (Å²) < 4.78 is 2.78. The first-order valence-corrected chi connectivity index (χ1v) is 8.19. The zero-order valence-corrected chi connectivity index (χ0v) is 15.7. The van der Waals surface area contributed by atoms with Crippen molar-refractivity contribution in [1.29, 1.82) is 0 Å². The molecule has 0 amide bonds. The van der Waals surface area contributed by atoms with Gasteiger partial charge in [0.1, 0.15) is 0 Å². The van der Waals surface area contributed by atoms with Crippen molar-refractivity contribution in [2.75, 3.05) is 6.61 Å². The second-order valence-electron chi connectivity index (χ2n) is 5.52. The maximum atomic E-state index is 12.7. The normalized spacial score (nSPS) is 10.7. The molecule has 2 aromatic heterocycles. The molecule has 2 heterocycles. The molecule has 138 valence electrons. The molecule has 0 aliphatic carbocycles. The Balaban J connectivity index is 0.00000243. The Morgan fingerprint density at radius 3 is 2.46 bits per heavy atom. The van der Waals surface area contributed by atoms with Gasteiger partial charge in [-0.3, -0.25) is 9.59 Å².